The zero-order valence-electron chi connectivity index (χ0n) is 20.1. The molecule has 174 valence electrons. The molecule has 1 spiro atoms. The van der Waals surface area contributed by atoms with Gasteiger partial charge in [0.1, 0.15) is 6.23 Å². The molecule has 0 amide bonds. The number of H-pyrrole nitrogens is 1. The van der Waals surface area contributed by atoms with E-state index >= 15 is 0 Å². The second-order valence-electron chi connectivity index (χ2n) is 12.6. The number of fused-ring (bicyclic) bond motifs is 8. The lowest BCUT2D eigenvalue weighted by molar-refractivity contribution is -0.199. The van der Waals surface area contributed by atoms with Crippen molar-refractivity contribution in [3.05, 3.63) is 28.6 Å². The summed E-state index contributed by atoms with van der Waals surface area (Å²) in [7, 11) is 0. The lowest BCUT2D eigenvalue weighted by Gasteiger charge is -2.52. The van der Waals surface area contributed by atoms with Gasteiger partial charge in [0.15, 0.2) is 0 Å². The standard InChI is InChI=1S/C27H40N4O/c1-16-10-25-31(14-16)29-15-27(32-25)9-6-18-19-4-5-22-21-13-28-30-24(21)7-8-26(22,3)23(19)11-20(18)17(2)12-27/h13,16,18-19,22-23,25,29H,4-12,14-15H2,1-3H3,(H,28,30)/t16?,18?,19?,22?,23?,25?,26?,27-/m0/s1. The molecule has 8 atom stereocenters. The summed E-state index contributed by atoms with van der Waals surface area (Å²) in [6.45, 7) is 9.57. The maximum absolute atomic E-state index is 6.92. The summed E-state index contributed by atoms with van der Waals surface area (Å²) in [5, 5.41) is 10.1. The molecule has 7 rings (SSSR count). The highest BCUT2D eigenvalue weighted by atomic mass is 16.5. The van der Waals surface area contributed by atoms with E-state index in [1.165, 1.54) is 57.1 Å². The smallest absolute Gasteiger partial charge is 0.124 e. The van der Waals surface area contributed by atoms with Crippen LogP contribution in [0.25, 0.3) is 0 Å². The van der Waals surface area contributed by atoms with Crippen LogP contribution in [-0.4, -0.2) is 40.1 Å². The lowest BCUT2D eigenvalue weighted by atomic mass is 9.52. The molecule has 2 saturated carbocycles. The molecule has 5 nitrogen and oxygen atoms in total. The molecular formula is C27H40N4O. The first-order chi connectivity index (χ1) is 15.5. The minimum Gasteiger partial charge on any atom is -0.354 e. The van der Waals surface area contributed by atoms with Crippen molar-refractivity contribution in [3.63, 3.8) is 0 Å². The summed E-state index contributed by atoms with van der Waals surface area (Å²) in [6, 6.07) is 0. The Kier molecular flexibility index (Phi) is 4.38. The SMILES string of the molecule is CC1=C2CC3C(CCC4c5cn[nH]c5CCC43C)C2CC[C@@]2(CNN3CC(C)CC3O2)C1. The van der Waals surface area contributed by atoms with E-state index in [9.17, 15) is 0 Å². The predicted molar refractivity (Wildman–Crippen MR) is 125 cm³/mol. The first kappa shape index (κ1) is 20.2. The molecule has 2 N–H and O–H groups in total. The van der Waals surface area contributed by atoms with E-state index < -0.39 is 0 Å². The highest BCUT2D eigenvalue weighted by Gasteiger charge is 2.57. The molecule has 1 aromatic rings. The van der Waals surface area contributed by atoms with E-state index in [0.29, 0.717) is 11.3 Å². The number of nitrogens with zero attached hydrogens (tertiary/aromatic N) is 2. The van der Waals surface area contributed by atoms with Crippen LogP contribution in [-0.2, 0) is 11.2 Å². The maximum atomic E-state index is 6.92. The number of rotatable bonds is 0. The molecule has 32 heavy (non-hydrogen) atoms. The molecule has 2 aliphatic heterocycles. The Labute approximate surface area is 192 Å². The molecule has 4 fully saturated rings. The minimum absolute atomic E-state index is 0.0137. The van der Waals surface area contributed by atoms with Crippen LogP contribution in [0.15, 0.2) is 17.3 Å². The first-order valence-corrected chi connectivity index (χ1v) is 13.3. The van der Waals surface area contributed by atoms with Gasteiger partial charge in [-0.05, 0) is 105 Å². The molecule has 0 radical (unpaired) electrons. The first-order valence-electron chi connectivity index (χ1n) is 13.3. The molecule has 7 unspecified atom stereocenters. The number of hydrogen-bond donors (Lipinski definition) is 2. The van der Waals surface area contributed by atoms with E-state index in [-0.39, 0.29) is 11.8 Å². The van der Waals surface area contributed by atoms with Gasteiger partial charge < -0.3 is 4.74 Å². The van der Waals surface area contributed by atoms with Crippen molar-refractivity contribution >= 4 is 0 Å². The molecule has 1 aromatic heterocycles. The third-order valence-corrected chi connectivity index (χ3v) is 10.9. The van der Waals surface area contributed by atoms with Crippen molar-refractivity contribution in [1.29, 1.82) is 0 Å². The lowest BCUT2D eigenvalue weighted by Crippen LogP contribution is -2.60. The van der Waals surface area contributed by atoms with Crippen LogP contribution >= 0.6 is 0 Å². The Bertz CT molecular complexity index is 953. The Morgan fingerprint density at radius 3 is 3.03 bits per heavy atom. The van der Waals surface area contributed by atoms with Gasteiger partial charge in [-0.15, -0.1) is 0 Å². The predicted octanol–water partition coefficient (Wildman–Crippen LogP) is 4.93. The fourth-order valence-corrected chi connectivity index (χ4v) is 9.33. The van der Waals surface area contributed by atoms with Gasteiger partial charge in [0, 0.05) is 18.8 Å². The van der Waals surface area contributed by atoms with Crippen LogP contribution in [0.5, 0.6) is 0 Å². The summed E-state index contributed by atoms with van der Waals surface area (Å²) in [6.07, 6.45) is 13.9. The molecule has 0 bridgehead atoms. The van der Waals surface area contributed by atoms with Crippen LogP contribution in [0, 0.1) is 29.1 Å². The van der Waals surface area contributed by atoms with Gasteiger partial charge >= 0.3 is 0 Å². The number of hydrogen-bond acceptors (Lipinski definition) is 4. The normalized spacial score (nSPS) is 48.1. The zero-order chi connectivity index (χ0) is 21.7. The van der Waals surface area contributed by atoms with Crippen molar-refractivity contribution in [2.75, 3.05) is 13.1 Å². The van der Waals surface area contributed by atoms with E-state index in [1.54, 1.807) is 11.1 Å². The third kappa shape index (κ3) is 2.77. The summed E-state index contributed by atoms with van der Waals surface area (Å²) >= 11 is 0. The van der Waals surface area contributed by atoms with Gasteiger partial charge in [0.25, 0.3) is 0 Å². The van der Waals surface area contributed by atoms with Gasteiger partial charge in [0.05, 0.1) is 11.8 Å². The highest BCUT2D eigenvalue weighted by molar-refractivity contribution is 5.34. The van der Waals surface area contributed by atoms with E-state index in [2.05, 4.69) is 47.6 Å². The van der Waals surface area contributed by atoms with Gasteiger partial charge in [-0.1, -0.05) is 25.0 Å². The molecule has 3 heterocycles. The molecule has 0 aromatic carbocycles. The second-order valence-corrected chi connectivity index (χ2v) is 12.6. The Balaban J connectivity index is 1.17. The number of ether oxygens (including phenoxy) is 1. The van der Waals surface area contributed by atoms with Gasteiger partial charge in [-0.3, -0.25) is 5.10 Å². The highest BCUT2D eigenvalue weighted by Crippen LogP contribution is 2.66. The fraction of sp³-hybridized carbons (Fsp3) is 0.815. The number of aromatic amines is 1. The topological polar surface area (TPSA) is 53.2 Å². The van der Waals surface area contributed by atoms with Crippen molar-refractivity contribution in [2.45, 2.75) is 96.3 Å². The number of allylic oxidation sites excluding steroid dienone is 1. The van der Waals surface area contributed by atoms with Crippen molar-refractivity contribution in [3.8, 4) is 0 Å². The van der Waals surface area contributed by atoms with Crippen LogP contribution < -0.4 is 5.43 Å². The van der Waals surface area contributed by atoms with Crippen LogP contribution in [0.1, 0.15) is 89.3 Å². The summed E-state index contributed by atoms with van der Waals surface area (Å²) in [4.78, 5) is 0. The van der Waals surface area contributed by atoms with E-state index in [0.717, 1.165) is 43.2 Å². The van der Waals surface area contributed by atoms with Crippen molar-refractivity contribution in [2.24, 2.45) is 29.1 Å². The number of hydrazine groups is 1. The summed E-state index contributed by atoms with van der Waals surface area (Å²) in [5.74, 6) is 3.97. The fourth-order valence-electron chi connectivity index (χ4n) is 9.33. The van der Waals surface area contributed by atoms with E-state index in [4.69, 9.17) is 4.74 Å². The summed E-state index contributed by atoms with van der Waals surface area (Å²) in [5.41, 5.74) is 10.7. The van der Waals surface area contributed by atoms with Gasteiger partial charge in [-0.25, -0.2) is 10.4 Å². The number of aryl methyl sites for hydroxylation is 1. The van der Waals surface area contributed by atoms with Gasteiger partial charge in [0.2, 0.25) is 0 Å². The number of nitrogens with one attached hydrogen (secondary N) is 2. The van der Waals surface area contributed by atoms with Crippen LogP contribution in [0.2, 0.25) is 0 Å². The Hall–Kier alpha value is -1.17. The van der Waals surface area contributed by atoms with Crippen LogP contribution in [0.3, 0.4) is 0 Å². The van der Waals surface area contributed by atoms with Gasteiger partial charge in [-0.2, -0.15) is 5.10 Å². The monoisotopic (exact) mass is 436 g/mol. The van der Waals surface area contributed by atoms with Crippen molar-refractivity contribution in [1.82, 2.24) is 20.6 Å². The molecule has 6 aliphatic rings. The molecule has 5 heteroatoms. The van der Waals surface area contributed by atoms with Crippen molar-refractivity contribution < 1.29 is 4.74 Å². The second kappa shape index (κ2) is 6.93. The minimum atomic E-state index is 0.0137. The Morgan fingerprint density at radius 2 is 2.12 bits per heavy atom. The molecule has 2 saturated heterocycles. The average molecular weight is 437 g/mol. The zero-order valence-corrected chi connectivity index (χ0v) is 20.1. The summed E-state index contributed by atoms with van der Waals surface area (Å²) < 4.78 is 6.92. The molecular weight excluding hydrogens is 396 g/mol. The quantitative estimate of drug-likeness (QED) is 0.566. The largest absolute Gasteiger partial charge is 0.354 e. The van der Waals surface area contributed by atoms with Crippen LogP contribution in [0.4, 0.5) is 0 Å². The molecule has 4 aliphatic carbocycles. The maximum Gasteiger partial charge on any atom is 0.124 e. The third-order valence-electron chi connectivity index (χ3n) is 10.9. The number of aromatic nitrogens is 2. The Morgan fingerprint density at radius 1 is 1.22 bits per heavy atom. The van der Waals surface area contributed by atoms with E-state index in [1.807, 2.05) is 5.57 Å². The average Bonchev–Trinajstić information content (AvgIpc) is 3.45.